The van der Waals surface area contributed by atoms with Crippen LogP contribution in [0.4, 0.5) is 0 Å². The van der Waals surface area contributed by atoms with E-state index in [0.717, 1.165) is 6.08 Å². The number of hydrogen-bond donors (Lipinski definition) is 1. The first-order chi connectivity index (χ1) is 3.66. The summed E-state index contributed by atoms with van der Waals surface area (Å²) in [7, 11) is 0. The van der Waals surface area contributed by atoms with Crippen LogP contribution in [0.5, 0.6) is 0 Å². The van der Waals surface area contributed by atoms with Gasteiger partial charge in [0.1, 0.15) is 6.42 Å². The van der Waals surface area contributed by atoms with E-state index in [1.165, 1.54) is 0 Å². The van der Waals surface area contributed by atoms with Crippen LogP contribution in [0.3, 0.4) is 0 Å². The van der Waals surface area contributed by atoms with Crippen LogP contribution in [0.1, 0.15) is 6.42 Å². The number of rotatable bonds is 3. The molecule has 0 unspecified atom stereocenters. The van der Waals surface area contributed by atoms with E-state index >= 15 is 0 Å². The van der Waals surface area contributed by atoms with Crippen molar-refractivity contribution < 1.29 is 14.7 Å². The molecule has 0 aliphatic carbocycles. The van der Waals surface area contributed by atoms with Gasteiger partial charge >= 0.3 is 5.97 Å². The van der Waals surface area contributed by atoms with E-state index in [2.05, 4.69) is 6.58 Å². The molecule has 3 nitrogen and oxygen atoms in total. The third-order valence-corrected chi connectivity index (χ3v) is 0.553. The minimum absolute atomic E-state index is 0.455. The zero-order valence-corrected chi connectivity index (χ0v) is 4.26. The second-order valence-corrected chi connectivity index (χ2v) is 1.24. The minimum Gasteiger partial charge on any atom is -0.481 e. The topological polar surface area (TPSA) is 54.4 Å². The molecule has 3 heteroatoms. The first-order valence-electron chi connectivity index (χ1n) is 2.04. The number of carbonyl (C=O) groups excluding carboxylic acids is 1. The van der Waals surface area contributed by atoms with Crippen molar-refractivity contribution in [1.82, 2.24) is 0 Å². The van der Waals surface area contributed by atoms with E-state index in [9.17, 15) is 9.59 Å². The fourth-order valence-corrected chi connectivity index (χ4v) is 0.221. The van der Waals surface area contributed by atoms with Crippen LogP contribution in [0, 0.1) is 0 Å². The molecule has 0 spiro atoms. The second-order valence-electron chi connectivity index (χ2n) is 1.24. The first-order valence-corrected chi connectivity index (χ1v) is 2.04. The molecule has 0 saturated carbocycles. The number of carboxylic acid groups (broad SMARTS) is 1. The average molecular weight is 114 g/mol. The van der Waals surface area contributed by atoms with Crippen molar-refractivity contribution in [2.45, 2.75) is 6.42 Å². The van der Waals surface area contributed by atoms with Crippen molar-refractivity contribution >= 4 is 11.8 Å². The summed E-state index contributed by atoms with van der Waals surface area (Å²) in [5, 5.41) is 7.95. The molecular formula is C5H6O3. The van der Waals surface area contributed by atoms with Gasteiger partial charge in [0.05, 0.1) is 0 Å². The highest BCUT2D eigenvalue weighted by atomic mass is 16.4. The average Bonchev–Trinajstić information content (AvgIpc) is 1.65. The number of allylic oxidation sites excluding steroid dienone is 1. The van der Waals surface area contributed by atoms with E-state index in [4.69, 9.17) is 5.11 Å². The van der Waals surface area contributed by atoms with Gasteiger partial charge in [-0.05, 0) is 6.08 Å². The fraction of sp³-hybridized carbons (Fsp3) is 0.200. The van der Waals surface area contributed by atoms with Crippen LogP contribution < -0.4 is 0 Å². The molecule has 0 heterocycles. The summed E-state index contributed by atoms with van der Waals surface area (Å²) in [5.74, 6) is -1.58. The molecule has 0 aromatic carbocycles. The predicted octanol–water partition coefficient (Wildman–Crippen LogP) is 0.216. The third kappa shape index (κ3) is 3.08. The van der Waals surface area contributed by atoms with Gasteiger partial charge in [0.15, 0.2) is 5.78 Å². The third-order valence-electron chi connectivity index (χ3n) is 0.553. The second kappa shape index (κ2) is 2.96. The summed E-state index contributed by atoms with van der Waals surface area (Å²) in [6, 6.07) is 0. The zero-order valence-electron chi connectivity index (χ0n) is 4.26. The summed E-state index contributed by atoms with van der Waals surface area (Å²) in [4.78, 5) is 19.8. The molecule has 0 aliphatic heterocycles. The molecular weight excluding hydrogens is 108 g/mol. The summed E-state index contributed by atoms with van der Waals surface area (Å²) < 4.78 is 0. The van der Waals surface area contributed by atoms with Crippen LogP contribution in [-0.4, -0.2) is 16.9 Å². The summed E-state index contributed by atoms with van der Waals surface area (Å²) in [5.41, 5.74) is 0. The monoisotopic (exact) mass is 114 g/mol. The molecule has 0 amide bonds. The van der Waals surface area contributed by atoms with E-state index in [1.54, 1.807) is 0 Å². The molecule has 1 N–H and O–H groups in total. The highest BCUT2D eigenvalue weighted by Gasteiger charge is 2.00. The fourth-order valence-electron chi connectivity index (χ4n) is 0.221. The smallest absolute Gasteiger partial charge is 0.311 e. The zero-order chi connectivity index (χ0) is 6.57. The Labute approximate surface area is 46.6 Å². The van der Waals surface area contributed by atoms with Gasteiger partial charge in [-0.3, -0.25) is 9.59 Å². The summed E-state index contributed by atoms with van der Waals surface area (Å²) >= 11 is 0. The Morgan fingerprint density at radius 3 is 2.25 bits per heavy atom. The number of hydrogen-bond acceptors (Lipinski definition) is 2. The van der Waals surface area contributed by atoms with Crippen LogP contribution >= 0.6 is 0 Å². The standard InChI is InChI=1S/C5H6O3/c1-2-4(6)3-5(7)8/h2H,1,3H2,(H,7,8). The van der Waals surface area contributed by atoms with Crippen molar-refractivity contribution in [2.75, 3.05) is 0 Å². The lowest BCUT2D eigenvalue weighted by molar-refractivity contribution is -0.139. The highest BCUT2D eigenvalue weighted by Crippen LogP contribution is 1.81. The number of aliphatic carboxylic acids is 1. The molecule has 0 rings (SSSR count). The number of carbonyl (C=O) groups is 2. The van der Waals surface area contributed by atoms with Gasteiger partial charge in [0.25, 0.3) is 0 Å². The SMILES string of the molecule is C=CC(=O)CC(=O)O. The van der Waals surface area contributed by atoms with Gasteiger partial charge < -0.3 is 5.11 Å². The van der Waals surface area contributed by atoms with Crippen LogP contribution in [0.2, 0.25) is 0 Å². The maximum atomic E-state index is 10.1. The van der Waals surface area contributed by atoms with Crippen molar-refractivity contribution in [3.05, 3.63) is 12.7 Å². The van der Waals surface area contributed by atoms with E-state index in [0.29, 0.717) is 0 Å². The Morgan fingerprint density at radius 1 is 1.62 bits per heavy atom. The van der Waals surface area contributed by atoms with Gasteiger partial charge in [0, 0.05) is 0 Å². The molecule has 0 radical (unpaired) electrons. The van der Waals surface area contributed by atoms with Crippen LogP contribution in [0.15, 0.2) is 12.7 Å². The lowest BCUT2D eigenvalue weighted by Crippen LogP contribution is -2.02. The Morgan fingerprint density at radius 2 is 2.12 bits per heavy atom. The highest BCUT2D eigenvalue weighted by molar-refractivity contribution is 6.00. The number of carboxylic acids is 1. The molecule has 0 saturated heterocycles. The van der Waals surface area contributed by atoms with E-state index in [1.807, 2.05) is 0 Å². The van der Waals surface area contributed by atoms with E-state index in [-0.39, 0.29) is 0 Å². The van der Waals surface area contributed by atoms with Gasteiger partial charge in [0.2, 0.25) is 0 Å². The van der Waals surface area contributed by atoms with Gasteiger partial charge in [-0.2, -0.15) is 0 Å². The Balaban J connectivity index is 3.55. The molecule has 0 bridgehead atoms. The molecule has 0 atom stereocenters. The predicted molar refractivity (Wildman–Crippen MR) is 27.5 cm³/mol. The molecule has 8 heavy (non-hydrogen) atoms. The van der Waals surface area contributed by atoms with Gasteiger partial charge in [-0.15, -0.1) is 0 Å². The Bertz CT molecular complexity index is 126. The summed E-state index contributed by atoms with van der Waals surface area (Å²) in [6.45, 7) is 3.10. The molecule has 44 valence electrons. The maximum absolute atomic E-state index is 10.1. The number of ketones is 1. The molecule has 0 aromatic rings. The quantitative estimate of drug-likeness (QED) is 0.421. The van der Waals surface area contributed by atoms with Gasteiger partial charge in [-0.1, -0.05) is 6.58 Å². The Kier molecular flexibility index (Phi) is 2.54. The molecule has 0 aliphatic rings. The largest absolute Gasteiger partial charge is 0.481 e. The van der Waals surface area contributed by atoms with Crippen LogP contribution in [0.25, 0.3) is 0 Å². The van der Waals surface area contributed by atoms with Crippen molar-refractivity contribution in [2.24, 2.45) is 0 Å². The molecule has 0 aromatic heterocycles. The maximum Gasteiger partial charge on any atom is 0.311 e. The lowest BCUT2D eigenvalue weighted by Gasteiger charge is -1.82. The molecule has 0 fully saturated rings. The van der Waals surface area contributed by atoms with Crippen molar-refractivity contribution in [1.29, 1.82) is 0 Å². The van der Waals surface area contributed by atoms with Crippen LogP contribution in [-0.2, 0) is 9.59 Å². The van der Waals surface area contributed by atoms with Crippen molar-refractivity contribution in [3.8, 4) is 0 Å². The van der Waals surface area contributed by atoms with Gasteiger partial charge in [-0.25, -0.2) is 0 Å². The van der Waals surface area contributed by atoms with E-state index < -0.39 is 18.2 Å². The summed E-state index contributed by atoms with van der Waals surface area (Å²) in [6.07, 6.45) is 0.539. The van der Waals surface area contributed by atoms with Crippen molar-refractivity contribution in [3.63, 3.8) is 0 Å². The normalized spacial score (nSPS) is 8.00. The Hall–Kier alpha value is -1.12. The first kappa shape index (κ1) is 6.88. The minimum atomic E-state index is -1.12. The lowest BCUT2D eigenvalue weighted by atomic mass is 10.3.